The number of fused-ring (bicyclic) bond motifs is 1. The van der Waals surface area contributed by atoms with E-state index in [2.05, 4.69) is 17.1 Å². The SMILES string of the molecule is CN(C(=O)CN(C)C1CCCc2ccccc21)c1c(N)n(Cc2ccccc2)c(=O)[nH]c1=O. The van der Waals surface area contributed by atoms with Gasteiger partial charge in [-0.05, 0) is 43.0 Å². The molecule has 0 aliphatic heterocycles. The van der Waals surface area contributed by atoms with Crippen LogP contribution in [-0.4, -0.2) is 41.0 Å². The lowest BCUT2D eigenvalue weighted by Gasteiger charge is -2.33. The van der Waals surface area contributed by atoms with Gasteiger partial charge in [0.05, 0.1) is 13.1 Å². The van der Waals surface area contributed by atoms with E-state index in [1.807, 2.05) is 54.4 Å². The number of likely N-dealkylation sites (N-methyl/N-ethyl adjacent to an activating group) is 2. The summed E-state index contributed by atoms with van der Waals surface area (Å²) in [6, 6.07) is 17.8. The molecule has 0 saturated carbocycles. The van der Waals surface area contributed by atoms with E-state index in [1.165, 1.54) is 27.6 Å². The molecule has 1 heterocycles. The molecule has 0 fully saturated rings. The van der Waals surface area contributed by atoms with Crippen molar-refractivity contribution in [1.29, 1.82) is 0 Å². The lowest BCUT2D eigenvalue weighted by atomic mass is 9.87. The number of aromatic nitrogens is 2. The van der Waals surface area contributed by atoms with Crippen LogP contribution >= 0.6 is 0 Å². The van der Waals surface area contributed by atoms with Gasteiger partial charge in [0, 0.05) is 13.1 Å². The van der Waals surface area contributed by atoms with Crippen LogP contribution in [0.25, 0.3) is 0 Å². The molecular formula is C25H29N5O3. The number of nitrogens with zero attached hydrogens (tertiary/aromatic N) is 3. The Hall–Kier alpha value is -3.65. The number of H-pyrrole nitrogens is 1. The lowest BCUT2D eigenvalue weighted by molar-refractivity contribution is -0.119. The van der Waals surface area contributed by atoms with Crippen molar-refractivity contribution in [1.82, 2.24) is 14.5 Å². The molecule has 1 atom stereocenters. The summed E-state index contributed by atoms with van der Waals surface area (Å²) in [6.07, 6.45) is 3.07. The predicted octanol–water partition coefficient (Wildman–Crippen LogP) is 2.14. The van der Waals surface area contributed by atoms with Crippen molar-refractivity contribution in [3.8, 4) is 0 Å². The fourth-order valence-electron chi connectivity index (χ4n) is 4.56. The molecule has 4 rings (SSSR count). The van der Waals surface area contributed by atoms with Crippen LogP contribution in [0.3, 0.4) is 0 Å². The number of aromatic amines is 1. The van der Waals surface area contributed by atoms with Crippen molar-refractivity contribution >= 4 is 17.4 Å². The monoisotopic (exact) mass is 447 g/mol. The highest BCUT2D eigenvalue weighted by Crippen LogP contribution is 2.33. The van der Waals surface area contributed by atoms with Gasteiger partial charge in [-0.3, -0.25) is 24.0 Å². The Morgan fingerprint density at radius 1 is 1.09 bits per heavy atom. The zero-order valence-electron chi connectivity index (χ0n) is 19.0. The quantitative estimate of drug-likeness (QED) is 0.603. The minimum absolute atomic E-state index is 0.0204. The second-order valence-corrected chi connectivity index (χ2v) is 8.54. The van der Waals surface area contributed by atoms with Crippen molar-refractivity contribution < 1.29 is 4.79 Å². The summed E-state index contributed by atoms with van der Waals surface area (Å²) in [6.45, 7) is 0.308. The first-order chi connectivity index (χ1) is 15.9. The van der Waals surface area contributed by atoms with Crippen LogP contribution in [0.5, 0.6) is 0 Å². The number of anilines is 2. The maximum absolute atomic E-state index is 13.2. The smallest absolute Gasteiger partial charge is 0.330 e. The third-order valence-corrected chi connectivity index (χ3v) is 6.36. The second-order valence-electron chi connectivity index (χ2n) is 8.54. The first-order valence-electron chi connectivity index (χ1n) is 11.1. The molecule has 1 aromatic heterocycles. The highest BCUT2D eigenvalue weighted by molar-refractivity contribution is 5.96. The van der Waals surface area contributed by atoms with Gasteiger partial charge < -0.3 is 10.6 Å². The molecule has 1 aliphatic rings. The third-order valence-electron chi connectivity index (χ3n) is 6.36. The highest BCUT2D eigenvalue weighted by atomic mass is 16.2. The van der Waals surface area contributed by atoms with Crippen LogP contribution in [0.1, 0.15) is 35.6 Å². The van der Waals surface area contributed by atoms with Gasteiger partial charge in [0.1, 0.15) is 5.82 Å². The standard InChI is InChI=1S/C25H29N5O3/c1-28(20-14-8-12-18-11-6-7-13-19(18)20)16-21(31)29(2)22-23(26)30(25(33)27-24(22)32)15-17-9-4-3-5-10-17/h3-7,9-11,13,20H,8,12,14-16,26H2,1-2H3,(H,27,32,33). The summed E-state index contributed by atoms with van der Waals surface area (Å²) in [5.74, 6) is -0.309. The molecule has 0 bridgehead atoms. The van der Waals surface area contributed by atoms with Gasteiger partial charge in [-0.15, -0.1) is 0 Å². The minimum Gasteiger partial charge on any atom is -0.383 e. The number of hydrogen-bond acceptors (Lipinski definition) is 5. The van der Waals surface area contributed by atoms with Crippen LogP contribution in [0, 0.1) is 0 Å². The molecular weight excluding hydrogens is 418 g/mol. The van der Waals surface area contributed by atoms with E-state index < -0.39 is 11.2 Å². The van der Waals surface area contributed by atoms with E-state index in [-0.39, 0.29) is 36.5 Å². The summed E-state index contributed by atoms with van der Waals surface area (Å²) < 4.78 is 1.27. The molecule has 0 spiro atoms. The van der Waals surface area contributed by atoms with Crippen molar-refractivity contribution in [2.24, 2.45) is 0 Å². The predicted molar refractivity (Wildman–Crippen MR) is 129 cm³/mol. The van der Waals surface area contributed by atoms with Gasteiger partial charge in [-0.1, -0.05) is 54.6 Å². The van der Waals surface area contributed by atoms with E-state index in [9.17, 15) is 14.4 Å². The molecule has 1 aliphatic carbocycles. The van der Waals surface area contributed by atoms with Gasteiger partial charge in [-0.2, -0.15) is 0 Å². The summed E-state index contributed by atoms with van der Waals surface area (Å²) in [5, 5.41) is 0. The molecule has 1 amide bonds. The molecule has 0 radical (unpaired) electrons. The first kappa shape index (κ1) is 22.5. The Balaban J connectivity index is 1.57. The van der Waals surface area contributed by atoms with Crippen molar-refractivity contribution in [3.05, 3.63) is 92.1 Å². The molecule has 3 aromatic rings. The fourth-order valence-corrected chi connectivity index (χ4v) is 4.56. The number of hydrogen-bond donors (Lipinski definition) is 2. The number of carbonyl (C=O) groups excluding carboxylic acids is 1. The number of amides is 1. The number of rotatable bonds is 6. The Morgan fingerprint density at radius 3 is 2.55 bits per heavy atom. The van der Waals surface area contributed by atoms with Gasteiger partial charge >= 0.3 is 5.69 Å². The van der Waals surface area contributed by atoms with Crippen molar-refractivity contribution in [3.63, 3.8) is 0 Å². The Bertz CT molecular complexity index is 1270. The molecule has 1 unspecified atom stereocenters. The van der Waals surface area contributed by atoms with E-state index in [0.29, 0.717) is 0 Å². The Labute approximate surface area is 192 Å². The van der Waals surface area contributed by atoms with Crippen LogP contribution in [-0.2, 0) is 17.8 Å². The fraction of sp³-hybridized carbons (Fsp3) is 0.320. The van der Waals surface area contributed by atoms with Crippen LogP contribution in [0.4, 0.5) is 11.5 Å². The number of nitrogens with one attached hydrogen (secondary N) is 1. The maximum atomic E-state index is 13.2. The average Bonchev–Trinajstić information content (AvgIpc) is 2.81. The van der Waals surface area contributed by atoms with Gasteiger partial charge in [0.25, 0.3) is 5.56 Å². The minimum atomic E-state index is -0.677. The molecule has 8 heteroatoms. The molecule has 0 saturated heterocycles. The average molecular weight is 448 g/mol. The van der Waals surface area contributed by atoms with Crippen molar-refractivity contribution in [2.75, 3.05) is 31.3 Å². The van der Waals surface area contributed by atoms with Gasteiger partial charge in [0.2, 0.25) is 5.91 Å². The number of benzene rings is 2. The maximum Gasteiger partial charge on any atom is 0.330 e. The summed E-state index contributed by atoms with van der Waals surface area (Å²) >= 11 is 0. The number of nitrogen functional groups attached to an aromatic ring is 1. The molecule has 172 valence electrons. The largest absolute Gasteiger partial charge is 0.383 e. The molecule has 8 nitrogen and oxygen atoms in total. The van der Waals surface area contributed by atoms with Crippen LogP contribution in [0.2, 0.25) is 0 Å². The first-order valence-corrected chi connectivity index (χ1v) is 11.1. The summed E-state index contributed by atoms with van der Waals surface area (Å²) in [5.41, 5.74) is 8.35. The topological polar surface area (TPSA) is 104 Å². The Morgan fingerprint density at radius 2 is 1.79 bits per heavy atom. The van der Waals surface area contributed by atoms with Gasteiger partial charge in [0.15, 0.2) is 5.69 Å². The molecule has 33 heavy (non-hydrogen) atoms. The zero-order valence-corrected chi connectivity index (χ0v) is 19.0. The van der Waals surface area contributed by atoms with E-state index in [1.54, 1.807) is 0 Å². The number of carbonyl (C=O) groups is 1. The zero-order chi connectivity index (χ0) is 23.5. The number of nitrogens with two attached hydrogens (primary N) is 1. The van der Waals surface area contributed by atoms with Crippen LogP contribution < -0.4 is 21.9 Å². The van der Waals surface area contributed by atoms with Crippen molar-refractivity contribution in [2.45, 2.75) is 31.8 Å². The number of aryl methyl sites for hydroxylation is 1. The van der Waals surface area contributed by atoms with Crippen LogP contribution in [0.15, 0.2) is 64.2 Å². The second kappa shape index (κ2) is 9.46. The Kier molecular flexibility index (Phi) is 6.46. The van der Waals surface area contributed by atoms with E-state index >= 15 is 0 Å². The van der Waals surface area contributed by atoms with Gasteiger partial charge in [-0.25, -0.2) is 4.79 Å². The summed E-state index contributed by atoms with van der Waals surface area (Å²) in [4.78, 5) is 43.8. The third kappa shape index (κ3) is 4.61. The highest BCUT2D eigenvalue weighted by Gasteiger charge is 2.27. The normalized spacial score (nSPS) is 15.3. The van der Waals surface area contributed by atoms with E-state index in [4.69, 9.17) is 5.73 Å². The molecule has 2 aromatic carbocycles. The summed E-state index contributed by atoms with van der Waals surface area (Å²) in [7, 11) is 3.44. The molecule has 3 N–H and O–H groups in total. The van der Waals surface area contributed by atoms with E-state index in [0.717, 1.165) is 24.8 Å². The lowest BCUT2D eigenvalue weighted by Crippen LogP contribution is -2.43.